The Balaban J connectivity index is 2.13. The van der Waals surface area contributed by atoms with Crippen LogP contribution in [-0.2, 0) is 10.0 Å². The Labute approximate surface area is 149 Å². The lowest BCUT2D eigenvalue weighted by Gasteiger charge is -2.34. The number of fused-ring (bicyclic) bond motifs is 1. The molecule has 1 N–H and O–H groups in total. The Kier molecular flexibility index (Phi) is 5.32. The number of rotatable bonds is 5. The molecule has 136 valence electrons. The van der Waals surface area contributed by atoms with Crippen molar-refractivity contribution in [1.82, 2.24) is 4.31 Å². The first-order valence-electron chi connectivity index (χ1n) is 8.78. The van der Waals surface area contributed by atoms with Gasteiger partial charge in [-0.2, -0.15) is 4.31 Å². The molecule has 1 heterocycles. The van der Waals surface area contributed by atoms with Gasteiger partial charge in [0.2, 0.25) is 10.0 Å². The molecule has 2 aromatic rings. The number of nitrogens with zero attached hydrogens (tertiary/aromatic N) is 2. The van der Waals surface area contributed by atoms with Gasteiger partial charge < -0.3 is 10.0 Å². The average Bonchev–Trinajstić information content (AvgIpc) is 2.61. The minimum absolute atomic E-state index is 0.0109. The molecule has 1 aliphatic heterocycles. The molecule has 1 saturated heterocycles. The molecular weight excluding hydrogens is 336 g/mol. The summed E-state index contributed by atoms with van der Waals surface area (Å²) >= 11 is 0. The molecule has 1 atom stereocenters. The zero-order chi connectivity index (χ0) is 18.0. The monoisotopic (exact) mass is 362 g/mol. The lowest BCUT2D eigenvalue weighted by atomic mass is 10.0. The third-order valence-electron chi connectivity index (χ3n) is 4.96. The highest BCUT2D eigenvalue weighted by atomic mass is 32.2. The molecule has 0 spiro atoms. The molecule has 6 heteroatoms. The second kappa shape index (κ2) is 7.32. The van der Waals surface area contributed by atoms with E-state index in [0.29, 0.717) is 17.9 Å². The minimum atomic E-state index is -3.60. The number of anilines is 1. The van der Waals surface area contributed by atoms with Gasteiger partial charge in [0.25, 0.3) is 0 Å². The van der Waals surface area contributed by atoms with Gasteiger partial charge in [0.1, 0.15) is 0 Å². The summed E-state index contributed by atoms with van der Waals surface area (Å²) in [5, 5.41) is 11.0. The summed E-state index contributed by atoms with van der Waals surface area (Å²) in [5.74, 6) is 0. The molecule has 0 aromatic heterocycles. The van der Waals surface area contributed by atoms with Gasteiger partial charge in [-0.15, -0.1) is 0 Å². The summed E-state index contributed by atoms with van der Waals surface area (Å²) in [5.41, 5.74) is 1.00. The van der Waals surface area contributed by atoms with Crippen LogP contribution in [0.15, 0.2) is 41.3 Å². The number of aliphatic hydroxyl groups is 1. The number of aliphatic hydroxyl groups excluding tert-OH is 1. The second-order valence-electron chi connectivity index (χ2n) is 6.80. The molecule has 0 amide bonds. The zero-order valence-corrected chi connectivity index (χ0v) is 15.7. The summed E-state index contributed by atoms with van der Waals surface area (Å²) in [6.45, 7) is 0.535. The lowest BCUT2D eigenvalue weighted by molar-refractivity contribution is 0.192. The fourth-order valence-corrected chi connectivity index (χ4v) is 5.67. The van der Waals surface area contributed by atoms with Crippen molar-refractivity contribution in [1.29, 1.82) is 0 Å². The number of hydrogen-bond acceptors (Lipinski definition) is 4. The fourth-order valence-electron chi connectivity index (χ4n) is 3.73. The van der Waals surface area contributed by atoms with E-state index >= 15 is 0 Å². The summed E-state index contributed by atoms with van der Waals surface area (Å²) < 4.78 is 28.4. The molecule has 1 unspecified atom stereocenters. The molecule has 5 nitrogen and oxygen atoms in total. The van der Waals surface area contributed by atoms with Gasteiger partial charge >= 0.3 is 0 Å². The second-order valence-corrected chi connectivity index (χ2v) is 8.66. The highest BCUT2D eigenvalue weighted by molar-refractivity contribution is 7.89. The van der Waals surface area contributed by atoms with Gasteiger partial charge in [-0.3, -0.25) is 0 Å². The van der Waals surface area contributed by atoms with E-state index in [-0.39, 0.29) is 12.6 Å². The highest BCUT2D eigenvalue weighted by Crippen LogP contribution is 2.34. The molecule has 1 fully saturated rings. The van der Waals surface area contributed by atoms with Crippen molar-refractivity contribution in [3.63, 3.8) is 0 Å². The first-order chi connectivity index (χ1) is 12.0. The fraction of sp³-hybridized carbons (Fsp3) is 0.474. The van der Waals surface area contributed by atoms with Crippen molar-refractivity contribution >= 4 is 26.5 Å². The largest absolute Gasteiger partial charge is 0.396 e. The number of benzene rings is 2. The molecule has 0 aliphatic carbocycles. The maximum absolute atomic E-state index is 13.4. The molecule has 25 heavy (non-hydrogen) atoms. The van der Waals surface area contributed by atoms with E-state index < -0.39 is 10.0 Å². The van der Waals surface area contributed by atoms with Crippen molar-refractivity contribution < 1.29 is 13.5 Å². The van der Waals surface area contributed by atoms with Gasteiger partial charge in [0, 0.05) is 49.7 Å². The van der Waals surface area contributed by atoms with Gasteiger partial charge in [-0.05, 0) is 31.4 Å². The van der Waals surface area contributed by atoms with E-state index in [4.69, 9.17) is 0 Å². The van der Waals surface area contributed by atoms with Crippen LogP contribution in [0.25, 0.3) is 10.8 Å². The summed E-state index contributed by atoms with van der Waals surface area (Å²) in [6.07, 6.45) is 3.19. The van der Waals surface area contributed by atoms with Gasteiger partial charge in [0.05, 0.1) is 4.90 Å². The van der Waals surface area contributed by atoms with Crippen LogP contribution in [0.1, 0.15) is 25.7 Å². The van der Waals surface area contributed by atoms with Crippen LogP contribution in [0.2, 0.25) is 0 Å². The van der Waals surface area contributed by atoms with E-state index in [1.165, 1.54) is 0 Å². The van der Waals surface area contributed by atoms with Crippen molar-refractivity contribution in [3.05, 3.63) is 36.4 Å². The number of hydrogen-bond donors (Lipinski definition) is 1. The molecule has 0 saturated carbocycles. The van der Waals surface area contributed by atoms with Crippen LogP contribution in [0.5, 0.6) is 0 Å². The Morgan fingerprint density at radius 2 is 1.84 bits per heavy atom. The lowest BCUT2D eigenvalue weighted by Crippen LogP contribution is -2.44. The SMILES string of the molecule is CN(C)c1cccc2c(S(=O)(=O)N3CCCCC3CCO)cccc12. The third kappa shape index (κ3) is 3.38. The van der Waals surface area contributed by atoms with Gasteiger partial charge in [0.15, 0.2) is 0 Å². The molecule has 2 aromatic carbocycles. The maximum Gasteiger partial charge on any atom is 0.243 e. The van der Waals surface area contributed by atoms with Crippen LogP contribution < -0.4 is 4.90 Å². The predicted molar refractivity (Wildman–Crippen MR) is 102 cm³/mol. The Hall–Kier alpha value is -1.63. The third-order valence-corrected chi connectivity index (χ3v) is 6.97. The topological polar surface area (TPSA) is 60.9 Å². The Morgan fingerprint density at radius 1 is 1.12 bits per heavy atom. The predicted octanol–water partition coefficient (Wildman–Crippen LogP) is 2.83. The Morgan fingerprint density at radius 3 is 2.56 bits per heavy atom. The van der Waals surface area contributed by atoms with Crippen LogP contribution in [0, 0.1) is 0 Å². The highest BCUT2D eigenvalue weighted by Gasteiger charge is 2.34. The van der Waals surface area contributed by atoms with E-state index in [2.05, 4.69) is 0 Å². The zero-order valence-electron chi connectivity index (χ0n) is 14.9. The Bertz CT molecular complexity index is 847. The molecule has 3 rings (SSSR count). The first kappa shape index (κ1) is 18.2. The average molecular weight is 362 g/mol. The smallest absolute Gasteiger partial charge is 0.243 e. The van der Waals surface area contributed by atoms with E-state index in [0.717, 1.165) is 35.7 Å². The molecular formula is C19H26N2O3S. The van der Waals surface area contributed by atoms with Gasteiger partial charge in [-0.25, -0.2) is 8.42 Å². The van der Waals surface area contributed by atoms with Crippen molar-refractivity contribution in [2.24, 2.45) is 0 Å². The van der Waals surface area contributed by atoms with Crippen molar-refractivity contribution in [2.45, 2.75) is 36.6 Å². The standard InChI is InChI=1S/C19H26N2O3S/c1-20(2)18-10-5-9-17-16(18)8-6-11-19(17)25(23,24)21-13-4-3-7-15(21)12-14-22/h5-6,8-11,15,22H,3-4,7,12-14H2,1-2H3. The number of piperidine rings is 1. The van der Waals surface area contributed by atoms with Crippen LogP contribution in [0.4, 0.5) is 5.69 Å². The van der Waals surface area contributed by atoms with Crippen LogP contribution in [0.3, 0.4) is 0 Å². The normalized spacial score (nSPS) is 19.2. The van der Waals surface area contributed by atoms with Crippen LogP contribution in [-0.4, -0.2) is 51.1 Å². The molecule has 1 aliphatic rings. The number of sulfonamides is 1. The summed E-state index contributed by atoms with van der Waals surface area (Å²) in [6, 6.07) is 11.1. The van der Waals surface area contributed by atoms with Crippen molar-refractivity contribution in [3.8, 4) is 0 Å². The molecule has 0 radical (unpaired) electrons. The van der Waals surface area contributed by atoms with E-state index in [1.807, 2.05) is 49.3 Å². The van der Waals surface area contributed by atoms with Crippen molar-refractivity contribution in [2.75, 3.05) is 32.1 Å². The summed E-state index contributed by atoms with van der Waals surface area (Å²) in [7, 11) is 0.314. The van der Waals surface area contributed by atoms with Crippen LogP contribution >= 0.6 is 0 Å². The molecule has 0 bridgehead atoms. The van der Waals surface area contributed by atoms with Gasteiger partial charge in [-0.1, -0.05) is 30.7 Å². The van der Waals surface area contributed by atoms with E-state index in [1.54, 1.807) is 10.4 Å². The maximum atomic E-state index is 13.4. The first-order valence-corrected chi connectivity index (χ1v) is 10.2. The van der Waals surface area contributed by atoms with E-state index in [9.17, 15) is 13.5 Å². The quantitative estimate of drug-likeness (QED) is 0.888. The summed E-state index contributed by atoms with van der Waals surface area (Å²) in [4.78, 5) is 2.35. The minimum Gasteiger partial charge on any atom is -0.396 e.